The average molecular weight is 451 g/mol. The van der Waals surface area contributed by atoms with Gasteiger partial charge in [-0.05, 0) is 31.7 Å². The van der Waals surface area contributed by atoms with E-state index in [1.54, 1.807) is 6.92 Å². The van der Waals surface area contributed by atoms with Gasteiger partial charge in [0.05, 0.1) is 17.8 Å². The van der Waals surface area contributed by atoms with Gasteiger partial charge in [-0.15, -0.1) is 0 Å². The molecule has 10 nitrogen and oxygen atoms in total. The fourth-order valence-electron chi connectivity index (χ4n) is 3.33. The number of oxazole rings is 1. The highest BCUT2D eigenvalue weighted by molar-refractivity contribution is 6.46. The van der Waals surface area contributed by atoms with Crippen molar-refractivity contribution >= 4 is 18.9 Å². The van der Waals surface area contributed by atoms with E-state index in [4.69, 9.17) is 4.42 Å². The molecule has 11 heteroatoms. The van der Waals surface area contributed by atoms with Crippen LogP contribution in [0.3, 0.4) is 0 Å². The molecule has 2 atom stereocenters. The Labute approximate surface area is 191 Å². The number of aromatic nitrogens is 3. The second kappa shape index (κ2) is 11.3. The third-order valence-corrected chi connectivity index (χ3v) is 5.29. The van der Waals surface area contributed by atoms with Gasteiger partial charge in [-0.3, -0.25) is 14.6 Å². The van der Waals surface area contributed by atoms with Gasteiger partial charge in [0.15, 0.2) is 6.39 Å². The molecule has 0 aliphatic carbocycles. The lowest BCUT2D eigenvalue weighted by Gasteiger charge is -2.32. The van der Waals surface area contributed by atoms with Crippen molar-refractivity contribution in [3.05, 3.63) is 78.5 Å². The maximum atomic E-state index is 13.1. The van der Waals surface area contributed by atoms with Crippen LogP contribution in [0.1, 0.15) is 41.6 Å². The molecular weight excluding hydrogens is 425 g/mol. The molecule has 0 spiro atoms. The van der Waals surface area contributed by atoms with E-state index >= 15 is 0 Å². The van der Waals surface area contributed by atoms with Gasteiger partial charge in [-0.25, -0.2) is 9.97 Å². The molecule has 4 N–H and O–H groups in total. The van der Waals surface area contributed by atoms with E-state index in [-0.39, 0.29) is 12.1 Å². The number of aryl methyl sites for hydroxylation is 1. The lowest BCUT2D eigenvalue weighted by atomic mass is 9.63. The number of amides is 2. The summed E-state index contributed by atoms with van der Waals surface area (Å²) in [4.78, 5) is 37.3. The molecule has 0 bridgehead atoms. The van der Waals surface area contributed by atoms with E-state index in [1.807, 2.05) is 30.3 Å². The smallest absolute Gasteiger partial charge is 0.448 e. The summed E-state index contributed by atoms with van der Waals surface area (Å²) in [5.74, 6) is -0.818. The largest absolute Gasteiger partial charge is 0.478 e. The number of rotatable bonds is 11. The molecule has 0 aliphatic heterocycles. The molecule has 0 saturated heterocycles. The van der Waals surface area contributed by atoms with E-state index in [0.717, 1.165) is 5.56 Å². The van der Waals surface area contributed by atoms with Gasteiger partial charge < -0.3 is 25.1 Å². The van der Waals surface area contributed by atoms with Crippen LogP contribution < -0.4 is 10.6 Å². The molecule has 0 radical (unpaired) electrons. The number of hydrogen-bond donors (Lipinski definition) is 4. The minimum atomic E-state index is -1.81. The second-order valence-corrected chi connectivity index (χ2v) is 7.91. The zero-order chi connectivity index (χ0) is 23.7. The average Bonchev–Trinajstić information content (AvgIpc) is 3.33. The monoisotopic (exact) mass is 451 g/mol. The van der Waals surface area contributed by atoms with Crippen LogP contribution in [0.2, 0.25) is 0 Å². The number of benzene rings is 1. The van der Waals surface area contributed by atoms with Gasteiger partial charge >= 0.3 is 7.12 Å². The Morgan fingerprint density at radius 2 is 1.94 bits per heavy atom. The van der Waals surface area contributed by atoms with Crippen LogP contribution in [0.5, 0.6) is 0 Å². The van der Waals surface area contributed by atoms with E-state index in [1.165, 1.54) is 31.2 Å². The molecule has 3 aromatic rings. The van der Waals surface area contributed by atoms with E-state index in [2.05, 4.69) is 25.6 Å². The SMILES string of the molecule is CC(CCCc1ccccc1)(NC(=O)[C@H](Cc1cnco1)NC(=O)c1cnccn1)B(O)O. The first kappa shape index (κ1) is 24.1. The first-order chi connectivity index (χ1) is 15.9. The standard InChI is InChI=1S/C22H26BN5O5/c1-22(23(31)32,9-5-8-16-6-3-2-4-7-16)28-21(30)18(12-17-13-25-15-33-17)27-20(29)19-14-24-10-11-26-19/h2-4,6-7,10-11,13-15,18,31-32H,5,8-9,12H2,1H3,(H,27,29)(H,28,30)/t18-,22?/m0/s1. The number of nitrogens with one attached hydrogen (secondary N) is 2. The zero-order valence-corrected chi connectivity index (χ0v) is 18.2. The Kier molecular flexibility index (Phi) is 8.28. The van der Waals surface area contributed by atoms with Crippen molar-refractivity contribution < 1.29 is 24.1 Å². The molecule has 172 valence electrons. The van der Waals surface area contributed by atoms with E-state index in [9.17, 15) is 19.6 Å². The molecule has 2 amide bonds. The third kappa shape index (κ3) is 6.96. The van der Waals surface area contributed by atoms with Crippen molar-refractivity contribution in [2.45, 2.75) is 44.1 Å². The van der Waals surface area contributed by atoms with Crippen molar-refractivity contribution in [2.24, 2.45) is 0 Å². The normalized spacial score (nSPS) is 13.5. The summed E-state index contributed by atoms with van der Waals surface area (Å²) in [5.41, 5.74) is -0.179. The lowest BCUT2D eigenvalue weighted by Crippen LogP contribution is -2.61. The maximum Gasteiger partial charge on any atom is 0.478 e. The topological polar surface area (TPSA) is 150 Å². The van der Waals surface area contributed by atoms with Crippen LogP contribution in [-0.2, 0) is 17.6 Å². The summed E-state index contributed by atoms with van der Waals surface area (Å²) in [6, 6.07) is 8.70. The number of carbonyl (C=O) groups excluding carboxylic acids is 2. The Balaban J connectivity index is 1.69. The van der Waals surface area contributed by atoms with Gasteiger partial charge in [-0.2, -0.15) is 0 Å². The minimum Gasteiger partial charge on any atom is -0.448 e. The van der Waals surface area contributed by atoms with Crippen LogP contribution >= 0.6 is 0 Å². The molecule has 0 saturated carbocycles. The Bertz CT molecular complexity index is 1020. The first-order valence-corrected chi connectivity index (χ1v) is 10.5. The quantitative estimate of drug-likeness (QED) is 0.312. The Morgan fingerprint density at radius 1 is 1.15 bits per heavy atom. The molecule has 3 rings (SSSR count). The highest BCUT2D eigenvalue weighted by atomic mass is 16.4. The summed E-state index contributed by atoms with van der Waals surface area (Å²) < 4.78 is 5.22. The summed E-state index contributed by atoms with van der Waals surface area (Å²) in [7, 11) is -1.81. The summed E-state index contributed by atoms with van der Waals surface area (Å²) >= 11 is 0. The molecule has 2 aromatic heterocycles. The van der Waals surface area contributed by atoms with Gasteiger partial charge in [0.25, 0.3) is 5.91 Å². The zero-order valence-electron chi connectivity index (χ0n) is 18.2. The first-order valence-electron chi connectivity index (χ1n) is 10.5. The fraction of sp³-hybridized carbons (Fsp3) is 0.318. The maximum absolute atomic E-state index is 13.1. The predicted molar refractivity (Wildman–Crippen MR) is 120 cm³/mol. The van der Waals surface area contributed by atoms with Crippen molar-refractivity contribution in [3.8, 4) is 0 Å². The second-order valence-electron chi connectivity index (χ2n) is 7.91. The molecule has 33 heavy (non-hydrogen) atoms. The number of nitrogens with zero attached hydrogens (tertiary/aromatic N) is 3. The van der Waals surface area contributed by atoms with E-state index < -0.39 is 30.4 Å². The summed E-state index contributed by atoms with van der Waals surface area (Å²) in [6.07, 6.45) is 8.38. The van der Waals surface area contributed by atoms with Crippen LogP contribution in [-0.4, -0.2) is 55.4 Å². The van der Waals surface area contributed by atoms with Crippen molar-refractivity contribution in [1.29, 1.82) is 0 Å². The molecule has 0 aliphatic rings. The van der Waals surface area contributed by atoms with Gasteiger partial charge in [0.1, 0.15) is 17.5 Å². The van der Waals surface area contributed by atoms with Crippen molar-refractivity contribution in [1.82, 2.24) is 25.6 Å². The van der Waals surface area contributed by atoms with Crippen LogP contribution in [0.15, 0.2) is 65.9 Å². The van der Waals surface area contributed by atoms with Gasteiger partial charge in [0, 0.05) is 18.8 Å². The van der Waals surface area contributed by atoms with Crippen molar-refractivity contribution in [2.75, 3.05) is 0 Å². The van der Waals surface area contributed by atoms with Crippen LogP contribution in [0.4, 0.5) is 0 Å². The molecule has 1 unspecified atom stereocenters. The minimum absolute atomic E-state index is 0.0133. The highest BCUT2D eigenvalue weighted by Gasteiger charge is 2.40. The van der Waals surface area contributed by atoms with Crippen molar-refractivity contribution in [3.63, 3.8) is 0 Å². The predicted octanol–water partition coefficient (Wildman–Crippen LogP) is 0.716. The van der Waals surface area contributed by atoms with Crippen LogP contribution in [0.25, 0.3) is 0 Å². The molecule has 1 aromatic carbocycles. The highest BCUT2D eigenvalue weighted by Crippen LogP contribution is 2.17. The van der Waals surface area contributed by atoms with E-state index in [0.29, 0.717) is 25.0 Å². The third-order valence-electron chi connectivity index (χ3n) is 5.29. The molecule has 0 fully saturated rings. The van der Waals surface area contributed by atoms with Gasteiger partial charge in [0.2, 0.25) is 5.91 Å². The van der Waals surface area contributed by atoms with Crippen LogP contribution in [0, 0.1) is 0 Å². The summed E-state index contributed by atoms with van der Waals surface area (Å²) in [6.45, 7) is 1.55. The Morgan fingerprint density at radius 3 is 2.58 bits per heavy atom. The van der Waals surface area contributed by atoms with Gasteiger partial charge in [-0.1, -0.05) is 30.3 Å². The lowest BCUT2D eigenvalue weighted by molar-refractivity contribution is -0.124. The number of carbonyl (C=O) groups is 2. The molecule has 2 heterocycles. The Hall–Kier alpha value is -3.57. The summed E-state index contributed by atoms with van der Waals surface area (Å²) in [5, 5.41) is 25.4. The number of hydrogen-bond acceptors (Lipinski definition) is 8. The molecular formula is C22H26BN5O5. The fourth-order valence-corrected chi connectivity index (χ4v) is 3.33.